The van der Waals surface area contributed by atoms with E-state index in [-0.39, 0.29) is 0 Å². The number of anilines is 3. The third-order valence-electron chi connectivity index (χ3n) is 13.2. The van der Waals surface area contributed by atoms with Gasteiger partial charge in [0.05, 0.1) is 11.0 Å². The second-order valence-electron chi connectivity index (χ2n) is 16.9. The topological polar surface area (TPSA) is 21.3 Å². The fourth-order valence-electron chi connectivity index (χ4n) is 10.0. The second kappa shape index (κ2) is 15.0. The van der Waals surface area contributed by atoms with E-state index in [1.54, 1.807) is 0 Å². The highest BCUT2D eigenvalue weighted by atomic mass is 16.3. The van der Waals surface area contributed by atoms with Gasteiger partial charge in [-0.2, -0.15) is 0 Å². The van der Waals surface area contributed by atoms with Crippen LogP contribution < -0.4 is 4.90 Å². The van der Waals surface area contributed by atoms with Gasteiger partial charge in [0.25, 0.3) is 0 Å². The van der Waals surface area contributed by atoms with E-state index < -0.39 is 0 Å². The van der Waals surface area contributed by atoms with Crippen molar-refractivity contribution in [3.05, 3.63) is 243 Å². The molecule has 11 aromatic carbocycles. The third-order valence-corrected chi connectivity index (χ3v) is 13.2. The van der Waals surface area contributed by atoms with Gasteiger partial charge in [-0.05, 0) is 122 Å². The fourth-order valence-corrected chi connectivity index (χ4v) is 10.0. The Labute approximate surface area is 376 Å². The molecular weight excluding hydrogens is 789 g/mol. The van der Waals surface area contributed by atoms with E-state index in [1.165, 1.54) is 60.0 Å². The molecule has 0 saturated carbocycles. The van der Waals surface area contributed by atoms with Crippen molar-refractivity contribution in [2.24, 2.45) is 0 Å². The first-order chi connectivity index (χ1) is 32.2. The van der Waals surface area contributed by atoms with Gasteiger partial charge in [-0.3, -0.25) is 0 Å². The number of fused-ring (bicyclic) bond motifs is 9. The van der Waals surface area contributed by atoms with Crippen molar-refractivity contribution in [1.82, 2.24) is 4.57 Å². The maximum Gasteiger partial charge on any atom is 0.135 e. The number of aromatic nitrogens is 1. The predicted octanol–water partition coefficient (Wildman–Crippen LogP) is 17.5. The van der Waals surface area contributed by atoms with Crippen molar-refractivity contribution in [2.45, 2.75) is 0 Å². The number of furan rings is 1. The van der Waals surface area contributed by atoms with E-state index in [0.717, 1.165) is 61.4 Å². The van der Waals surface area contributed by atoms with Crippen LogP contribution in [0.25, 0.3) is 104 Å². The first-order valence-corrected chi connectivity index (χ1v) is 22.2. The summed E-state index contributed by atoms with van der Waals surface area (Å²) in [4.78, 5) is 2.36. The van der Waals surface area contributed by atoms with E-state index in [2.05, 4.69) is 240 Å². The van der Waals surface area contributed by atoms with Crippen LogP contribution in [-0.2, 0) is 0 Å². The molecule has 0 aliphatic heterocycles. The first kappa shape index (κ1) is 36.9. The molecule has 0 aliphatic carbocycles. The summed E-state index contributed by atoms with van der Waals surface area (Å²) in [6.07, 6.45) is 0. The molecule has 0 N–H and O–H groups in total. The number of hydrogen-bond acceptors (Lipinski definition) is 2. The van der Waals surface area contributed by atoms with Crippen molar-refractivity contribution in [1.29, 1.82) is 0 Å². The molecule has 0 amide bonds. The first-order valence-electron chi connectivity index (χ1n) is 22.2. The normalized spacial score (nSPS) is 11.7. The highest BCUT2D eigenvalue weighted by molar-refractivity contribution is 6.19. The molecule has 2 heterocycles. The number of para-hydroxylation sites is 2. The molecule has 0 unspecified atom stereocenters. The zero-order chi connectivity index (χ0) is 42.8. The Kier molecular flexibility index (Phi) is 8.53. The minimum absolute atomic E-state index is 0.903. The monoisotopic (exact) mass is 828 g/mol. The minimum Gasteiger partial charge on any atom is -0.456 e. The van der Waals surface area contributed by atoms with Gasteiger partial charge >= 0.3 is 0 Å². The fraction of sp³-hybridized carbons (Fsp3) is 0. The van der Waals surface area contributed by atoms with E-state index in [0.29, 0.717) is 0 Å². The molecule has 13 rings (SSSR count). The smallest absolute Gasteiger partial charge is 0.135 e. The van der Waals surface area contributed by atoms with Gasteiger partial charge in [0.2, 0.25) is 0 Å². The molecular formula is C62H40N2O. The molecule has 3 heteroatoms. The van der Waals surface area contributed by atoms with Crippen LogP contribution in [0.2, 0.25) is 0 Å². The van der Waals surface area contributed by atoms with Crippen LogP contribution in [0.1, 0.15) is 0 Å². The van der Waals surface area contributed by atoms with Crippen LogP contribution in [0.5, 0.6) is 0 Å². The molecule has 0 fully saturated rings. The molecule has 0 bridgehead atoms. The summed E-state index contributed by atoms with van der Waals surface area (Å²) in [5.41, 5.74) is 15.7. The van der Waals surface area contributed by atoms with E-state index in [1.807, 2.05) is 12.1 Å². The van der Waals surface area contributed by atoms with E-state index in [9.17, 15) is 0 Å². The summed E-state index contributed by atoms with van der Waals surface area (Å²) in [6.45, 7) is 0. The van der Waals surface area contributed by atoms with Crippen molar-refractivity contribution >= 4 is 82.4 Å². The Morgan fingerprint density at radius 3 is 1.55 bits per heavy atom. The van der Waals surface area contributed by atoms with Crippen molar-refractivity contribution < 1.29 is 4.42 Å². The molecule has 304 valence electrons. The summed E-state index contributed by atoms with van der Waals surface area (Å²) in [7, 11) is 0. The molecule has 0 saturated heterocycles. The number of benzene rings is 11. The lowest BCUT2D eigenvalue weighted by Crippen LogP contribution is -2.09. The quantitative estimate of drug-likeness (QED) is 0.160. The third kappa shape index (κ3) is 6.20. The summed E-state index contributed by atoms with van der Waals surface area (Å²) < 4.78 is 8.59. The summed E-state index contributed by atoms with van der Waals surface area (Å²) >= 11 is 0. The second-order valence-corrected chi connectivity index (χ2v) is 16.9. The largest absolute Gasteiger partial charge is 0.456 e. The van der Waals surface area contributed by atoms with Crippen molar-refractivity contribution in [3.8, 4) is 39.1 Å². The van der Waals surface area contributed by atoms with Gasteiger partial charge in [-0.1, -0.05) is 170 Å². The molecule has 13 aromatic rings. The van der Waals surface area contributed by atoms with Gasteiger partial charge < -0.3 is 13.9 Å². The van der Waals surface area contributed by atoms with Gasteiger partial charge in [-0.25, -0.2) is 0 Å². The highest BCUT2D eigenvalue weighted by Crippen LogP contribution is 2.42. The Hall–Kier alpha value is -8.66. The minimum atomic E-state index is 0.903. The number of hydrogen-bond donors (Lipinski definition) is 0. The summed E-state index contributed by atoms with van der Waals surface area (Å²) in [5, 5.41) is 9.75. The van der Waals surface area contributed by atoms with Gasteiger partial charge in [-0.15, -0.1) is 0 Å². The lowest BCUT2D eigenvalue weighted by Gasteiger charge is -2.26. The van der Waals surface area contributed by atoms with Gasteiger partial charge in [0.1, 0.15) is 11.2 Å². The zero-order valence-electron chi connectivity index (χ0n) is 35.4. The average Bonchev–Trinajstić information content (AvgIpc) is 3.93. The number of nitrogens with zero attached hydrogens (tertiary/aromatic N) is 2. The maximum atomic E-state index is 6.15. The average molecular weight is 829 g/mol. The zero-order valence-corrected chi connectivity index (χ0v) is 35.4. The highest BCUT2D eigenvalue weighted by Gasteiger charge is 2.18. The van der Waals surface area contributed by atoms with Crippen molar-refractivity contribution in [3.63, 3.8) is 0 Å². The summed E-state index contributed by atoms with van der Waals surface area (Å²) in [6, 6.07) is 87.8. The van der Waals surface area contributed by atoms with Crippen LogP contribution in [0.3, 0.4) is 0 Å². The Bertz CT molecular complexity index is 3910. The van der Waals surface area contributed by atoms with E-state index >= 15 is 0 Å². The van der Waals surface area contributed by atoms with Crippen LogP contribution in [0.15, 0.2) is 247 Å². The Balaban J connectivity index is 0.906. The van der Waals surface area contributed by atoms with Gasteiger partial charge in [0, 0.05) is 49.7 Å². The number of rotatable bonds is 7. The SMILES string of the molecule is c1ccc(-n2c3cc(-c4ccc(N(c5ccc(-c6ccc7oc8ccccc8c7c6)cc5)c5ccc(-c6cccc7ccccc67)cc5)cc4)ccc3c3ccc4ccccc4c32)cc1. The summed E-state index contributed by atoms with van der Waals surface area (Å²) in [5.74, 6) is 0. The van der Waals surface area contributed by atoms with Crippen LogP contribution >= 0.6 is 0 Å². The predicted molar refractivity (Wildman–Crippen MR) is 274 cm³/mol. The van der Waals surface area contributed by atoms with Crippen LogP contribution in [0.4, 0.5) is 17.1 Å². The lowest BCUT2D eigenvalue weighted by atomic mass is 9.98. The molecule has 2 aromatic heterocycles. The lowest BCUT2D eigenvalue weighted by molar-refractivity contribution is 0.669. The van der Waals surface area contributed by atoms with Crippen molar-refractivity contribution in [2.75, 3.05) is 4.90 Å². The van der Waals surface area contributed by atoms with Crippen LogP contribution in [0, 0.1) is 0 Å². The molecule has 65 heavy (non-hydrogen) atoms. The molecule has 0 atom stereocenters. The molecule has 0 aliphatic rings. The Morgan fingerprint density at radius 1 is 0.308 bits per heavy atom. The van der Waals surface area contributed by atoms with Gasteiger partial charge in [0.15, 0.2) is 0 Å². The van der Waals surface area contributed by atoms with E-state index in [4.69, 9.17) is 4.42 Å². The molecule has 0 spiro atoms. The maximum absolute atomic E-state index is 6.15. The Morgan fingerprint density at radius 2 is 0.831 bits per heavy atom. The molecule has 0 radical (unpaired) electrons. The molecule has 3 nitrogen and oxygen atoms in total. The standard InChI is InChI=1S/C62H40N2O/c1-2-14-48(15-3-1)64-59-40-47(28-36-55(59)57-37-27-44-12-5-7-17-54(44)62(57)64)42-23-32-50(33-24-42)63(51-34-25-45(26-35-51)53-19-10-13-43-11-4-6-16-52(43)53)49-30-21-41(22-31-49)46-29-38-61-58(39-46)56-18-8-9-20-60(56)65-61/h1-40H. The van der Waals surface area contributed by atoms with Crippen LogP contribution in [-0.4, -0.2) is 4.57 Å².